The Morgan fingerprint density at radius 1 is 1.00 bits per heavy atom. The van der Waals surface area contributed by atoms with Gasteiger partial charge in [0.1, 0.15) is 23.6 Å². The van der Waals surface area contributed by atoms with Crippen molar-refractivity contribution in [3.05, 3.63) is 71.3 Å². The molecule has 0 saturated carbocycles. The highest BCUT2D eigenvalue weighted by molar-refractivity contribution is 5.59. The van der Waals surface area contributed by atoms with Gasteiger partial charge in [-0.2, -0.15) is 15.2 Å². The Balaban J connectivity index is 1.44. The summed E-state index contributed by atoms with van der Waals surface area (Å²) in [5.74, 6) is -1.79. The van der Waals surface area contributed by atoms with E-state index >= 15 is 0 Å². The summed E-state index contributed by atoms with van der Waals surface area (Å²) in [6, 6.07) is 7.80. The molecule has 0 radical (unpaired) electrons. The van der Waals surface area contributed by atoms with Gasteiger partial charge in [0, 0.05) is 19.5 Å². The lowest BCUT2D eigenvalue weighted by atomic mass is 10.1. The molecule has 1 aliphatic heterocycles. The van der Waals surface area contributed by atoms with Crippen LogP contribution < -0.4 is 9.64 Å². The minimum atomic E-state index is -1.50. The highest BCUT2D eigenvalue weighted by atomic mass is 19.2. The van der Waals surface area contributed by atoms with Crippen molar-refractivity contribution in [1.29, 1.82) is 0 Å². The van der Waals surface area contributed by atoms with Gasteiger partial charge in [0.05, 0.1) is 12.8 Å². The molecular weight excluding hydrogens is 435 g/mol. The molecule has 5 rings (SSSR count). The van der Waals surface area contributed by atoms with Crippen molar-refractivity contribution in [2.45, 2.75) is 26.3 Å². The van der Waals surface area contributed by atoms with Crippen LogP contribution in [-0.4, -0.2) is 43.2 Å². The van der Waals surface area contributed by atoms with Gasteiger partial charge >= 0.3 is 0 Å². The maximum Gasteiger partial charge on any atom is 0.228 e. The first-order valence-electron chi connectivity index (χ1n) is 10.3. The van der Waals surface area contributed by atoms with Gasteiger partial charge in [-0.25, -0.2) is 27.5 Å². The molecule has 0 N–H and O–H groups in total. The van der Waals surface area contributed by atoms with Crippen molar-refractivity contribution in [3.8, 4) is 11.4 Å². The summed E-state index contributed by atoms with van der Waals surface area (Å²) < 4.78 is 50.4. The fourth-order valence-corrected chi connectivity index (χ4v) is 3.90. The maximum absolute atomic E-state index is 14.4. The highest BCUT2D eigenvalue weighted by Gasteiger charge is 2.27. The molecule has 170 valence electrons. The Morgan fingerprint density at radius 3 is 2.58 bits per heavy atom. The average molecular weight is 455 g/mol. The van der Waals surface area contributed by atoms with Crippen LogP contribution in [0.3, 0.4) is 0 Å². The second-order valence-corrected chi connectivity index (χ2v) is 7.67. The van der Waals surface area contributed by atoms with E-state index in [2.05, 4.69) is 20.2 Å². The molecule has 0 aliphatic carbocycles. The molecule has 1 aliphatic rings. The third-order valence-electron chi connectivity index (χ3n) is 5.45. The van der Waals surface area contributed by atoms with Crippen LogP contribution in [0.4, 0.5) is 24.8 Å². The van der Waals surface area contributed by atoms with Crippen LogP contribution in [0.1, 0.15) is 23.6 Å². The number of methoxy groups -OCH3 is 1. The first-order valence-corrected chi connectivity index (χ1v) is 10.3. The number of benzene rings is 2. The topological polar surface area (TPSA) is 73.9 Å². The van der Waals surface area contributed by atoms with Crippen LogP contribution in [0.25, 0.3) is 5.69 Å². The molecular formula is C22H20F3N7O. The molecule has 0 unspecified atom stereocenters. The molecule has 0 atom stereocenters. The number of rotatable bonds is 5. The summed E-state index contributed by atoms with van der Waals surface area (Å²) in [4.78, 5) is 10.2. The summed E-state index contributed by atoms with van der Waals surface area (Å²) >= 11 is 0. The van der Waals surface area contributed by atoms with Crippen molar-refractivity contribution >= 4 is 11.6 Å². The van der Waals surface area contributed by atoms with E-state index in [0.29, 0.717) is 49.3 Å². The van der Waals surface area contributed by atoms with Crippen molar-refractivity contribution in [2.24, 2.45) is 0 Å². The van der Waals surface area contributed by atoms with E-state index in [1.54, 1.807) is 29.7 Å². The number of halogens is 3. The summed E-state index contributed by atoms with van der Waals surface area (Å²) in [5.41, 5.74) is 1.59. The second kappa shape index (κ2) is 8.23. The number of aromatic nitrogens is 6. The third-order valence-corrected chi connectivity index (χ3v) is 5.45. The Labute approximate surface area is 187 Å². The summed E-state index contributed by atoms with van der Waals surface area (Å²) in [6.07, 6.45) is 2.68. The number of hydrogen-bond acceptors (Lipinski definition) is 6. The molecule has 0 amide bonds. The molecule has 0 spiro atoms. The average Bonchev–Trinajstić information content (AvgIpc) is 3.43. The van der Waals surface area contributed by atoms with Gasteiger partial charge < -0.3 is 9.64 Å². The van der Waals surface area contributed by atoms with E-state index in [0.717, 1.165) is 17.3 Å². The Morgan fingerprint density at radius 2 is 1.82 bits per heavy atom. The van der Waals surface area contributed by atoms with Crippen molar-refractivity contribution in [1.82, 2.24) is 29.5 Å². The van der Waals surface area contributed by atoms with Crippen LogP contribution in [-0.2, 0) is 13.0 Å². The van der Waals surface area contributed by atoms with Crippen LogP contribution in [0.5, 0.6) is 5.75 Å². The molecule has 11 heteroatoms. The largest absolute Gasteiger partial charge is 0.494 e. The van der Waals surface area contributed by atoms with Crippen molar-refractivity contribution in [2.75, 3.05) is 18.6 Å². The molecule has 0 bridgehead atoms. The van der Waals surface area contributed by atoms with E-state index in [-0.39, 0.29) is 5.69 Å². The van der Waals surface area contributed by atoms with Gasteiger partial charge in [0.2, 0.25) is 5.95 Å². The lowest BCUT2D eigenvalue weighted by Crippen LogP contribution is -2.29. The lowest BCUT2D eigenvalue weighted by molar-refractivity contribution is 0.411. The van der Waals surface area contributed by atoms with Crippen molar-refractivity contribution < 1.29 is 17.9 Å². The fraction of sp³-hybridized carbons (Fsp3) is 0.273. The number of aryl methyl sites for hydroxylation is 2. The first-order chi connectivity index (χ1) is 15.9. The number of anilines is 2. The fourth-order valence-electron chi connectivity index (χ4n) is 3.90. The predicted molar refractivity (Wildman–Crippen MR) is 113 cm³/mol. The minimum absolute atomic E-state index is 0.0667. The van der Waals surface area contributed by atoms with Gasteiger partial charge in [-0.15, -0.1) is 0 Å². The van der Waals surface area contributed by atoms with Crippen LogP contribution >= 0.6 is 0 Å². The normalized spacial score (nSPS) is 13.3. The van der Waals surface area contributed by atoms with E-state index < -0.39 is 17.5 Å². The van der Waals surface area contributed by atoms with Gasteiger partial charge in [0.25, 0.3) is 0 Å². The molecule has 4 aromatic rings. The quantitative estimate of drug-likeness (QED) is 0.427. The Bertz CT molecular complexity index is 1330. The Kier molecular flexibility index (Phi) is 5.23. The predicted octanol–water partition coefficient (Wildman–Crippen LogP) is 3.73. The summed E-state index contributed by atoms with van der Waals surface area (Å²) in [6.45, 7) is 2.82. The summed E-state index contributed by atoms with van der Waals surface area (Å²) in [5, 5.41) is 8.85. The lowest BCUT2D eigenvalue weighted by Gasteiger charge is -2.28. The number of nitrogens with zero attached hydrogens (tertiary/aromatic N) is 7. The van der Waals surface area contributed by atoms with Gasteiger partial charge in [0.15, 0.2) is 23.3 Å². The van der Waals surface area contributed by atoms with E-state index in [9.17, 15) is 13.2 Å². The van der Waals surface area contributed by atoms with E-state index in [1.807, 2.05) is 18.2 Å². The first kappa shape index (κ1) is 21.0. The molecule has 8 nitrogen and oxygen atoms in total. The highest BCUT2D eigenvalue weighted by Crippen LogP contribution is 2.32. The minimum Gasteiger partial charge on any atom is -0.494 e. The molecule has 0 fully saturated rings. The number of fused-ring (bicyclic) bond motifs is 1. The number of ether oxygens (including phenoxy) is 1. The summed E-state index contributed by atoms with van der Waals surface area (Å²) in [7, 11) is 1.58. The standard InChI is InChI=1S/C22H20F3N7O/c1-13-26-12-32(28-13)16-6-4-14(10-18(16)33-2)11-19-27-22-30(8-3-9-31(22)29-19)17-7-5-15(23)20(24)21(17)25/h4-7,10,12H,3,8-9,11H2,1-2H3. The molecule has 33 heavy (non-hydrogen) atoms. The van der Waals surface area contributed by atoms with Gasteiger partial charge in [-0.3, -0.25) is 0 Å². The SMILES string of the molecule is COc1cc(Cc2nc3n(n2)CCCN3c2ccc(F)c(F)c2F)ccc1-n1cnc(C)n1. The van der Waals surface area contributed by atoms with E-state index in [1.165, 1.54) is 11.0 Å². The van der Waals surface area contributed by atoms with Crippen LogP contribution in [0.15, 0.2) is 36.7 Å². The third kappa shape index (κ3) is 3.79. The Hall–Kier alpha value is -3.89. The van der Waals surface area contributed by atoms with Crippen molar-refractivity contribution in [3.63, 3.8) is 0 Å². The monoisotopic (exact) mass is 455 g/mol. The smallest absolute Gasteiger partial charge is 0.228 e. The molecule has 0 saturated heterocycles. The van der Waals surface area contributed by atoms with E-state index in [4.69, 9.17) is 4.74 Å². The maximum atomic E-state index is 14.4. The molecule has 3 heterocycles. The molecule has 2 aromatic heterocycles. The second-order valence-electron chi connectivity index (χ2n) is 7.67. The van der Waals surface area contributed by atoms with Gasteiger partial charge in [-0.05, 0) is 43.2 Å². The zero-order valence-corrected chi connectivity index (χ0v) is 18.0. The number of hydrogen-bond donors (Lipinski definition) is 0. The zero-order chi connectivity index (χ0) is 23.1. The molecule has 2 aromatic carbocycles. The van der Waals surface area contributed by atoms with Crippen LogP contribution in [0.2, 0.25) is 0 Å². The van der Waals surface area contributed by atoms with Crippen LogP contribution in [0, 0.1) is 24.4 Å². The zero-order valence-electron chi connectivity index (χ0n) is 18.0. The van der Waals surface area contributed by atoms with Gasteiger partial charge in [-0.1, -0.05) is 6.07 Å².